The van der Waals surface area contributed by atoms with Crippen molar-refractivity contribution in [2.24, 2.45) is 5.41 Å². The van der Waals surface area contributed by atoms with Crippen LogP contribution in [0.15, 0.2) is 12.2 Å². The Labute approximate surface area is 68.2 Å². The maximum atomic E-state index is 11.1. The summed E-state index contributed by atoms with van der Waals surface area (Å²) in [6.45, 7) is 7.79. The summed E-state index contributed by atoms with van der Waals surface area (Å²) >= 11 is 0. The third kappa shape index (κ3) is 4.59. The SMILES string of the molecule is CC=CCOC(=O)C(C)(C)C. The van der Waals surface area contributed by atoms with Crippen molar-refractivity contribution in [2.75, 3.05) is 6.61 Å². The van der Waals surface area contributed by atoms with E-state index in [1.807, 2.05) is 39.8 Å². The van der Waals surface area contributed by atoms with E-state index in [1.165, 1.54) is 0 Å². The molecular weight excluding hydrogens is 140 g/mol. The molecule has 0 bridgehead atoms. The van der Waals surface area contributed by atoms with Gasteiger partial charge < -0.3 is 4.74 Å². The highest BCUT2D eigenvalue weighted by Gasteiger charge is 2.22. The first-order valence-corrected chi connectivity index (χ1v) is 3.77. The molecule has 0 amide bonds. The molecule has 0 saturated heterocycles. The lowest BCUT2D eigenvalue weighted by atomic mass is 9.97. The second-order valence-electron chi connectivity index (χ2n) is 3.42. The molecule has 0 aromatic rings. The molecule has 0 aliphatic heterocycles. The molecule has 0 fully saturated rings. The van der Waals surface area contributed by atoms with Crippen LogP contribution >= 0.6 is 0 Å². The lowest BCUT2D eigenvalue weighted by Crippen LogP contribution is -2.22. The van der Waals surface area contributed by atoms with Gasteiger partial charge in [0.25, 0.3) is 0 Å². The predicted octanol–water partition coefficient (Wildman–Crippen LogP) is 2.15. The van der Waals surface area contributed by atoms with E-state index in [9.17, 15) is 4.79 Å². The molecule has 0 spiro atoms. The van der Waals surface area contributed by atoms with Crippen molar-refractivity contribution in [3.8, 4) is 0 Å². The fraction of sp³-hybridized carbons (Fsp3) is 0.667. The van der Waals surface area contributed by atoms with Crippen LogP contribution in [0.3, 0.4) is 0 Å². The minimum atomic E-state index is -0.387. The van der Waals surface area contributed by atoms with Crippen molar-refractivity contribution in [3.63, 3.8) is 0 Å². The van der Waals surface area contributed by atoms with Gasteiger partial charge in [0, 0.05) is 0 Å². The zero-order chi connectivity index (χ0) is 8.91. The molecular formula is C9H16O2. The first-order chi connectivity index (χ1) is 4.98. The molecule has 11 heavy (non-hydrogen) atoms. The second kappa shape index (κ2) is 4.16. The summed E-state index contributed by atoms with van der Waals surface area (Å²) in [6.07, 6.45) is 3.67. The molecule has 0 atom stereocenters. The van der Waals surface area contributed by atoms with Gasteiger partial charge in [-0.2, -0.15) is 0 Å². The van der Waals surface area contributed by atoms with Crippen LogP contribution in [0.4, 0.5) is 0 Å². The Bertz CT molecular complexity index is 151. The summed E-state index contributed by atoms with van der Waals surface area (Å²) in [6, 6.07) is 0. The van der Waals surface area contributed by atoms with Gasteiger partial charge >= 0.3 is 5.97 Å². The molecule has 0 saturated carbocycles. The summed E-state index contributed by atoms with van der Waals surface area (Å²) in [5.74, 6) is -0.157. The van der Waals surface area contributed by atoms with Crippen LogP contribution in [0.2, 0.25) is 0 Å². The quantitative estimate of drug-likeness (QED) is 0.452. The van der Waals surface area contributed by atoms with Crippen LogP contribution < -0.4 is 0 Å². The molecule has 0 aliphatic rings. The van der Waals surface area contributed by atoms with E-state index < -0.39 is 0 Å². The van der Waals surface area contributed by atoms with Crippen molar-refractivity contribution >= 4 is 5.97 Å². The van der Waals surface area contributed by atoms with Crippen LogP contribution in [0.1, 0.15) is 27.7 Å². The molecule has 0 unspecified atom stereocenters. The molecule has 0 N–H and O–H groups in total. The van der Waals surface area contributed by atoms with Gasteiger partial charge in [-0.3, -0.25) is 4.79 Å². The van der Waals surface area contributed by atoms with Gasteiger partial charge in [0.2, 0.25) is 0 Å². The Morgan fingerprint density at radius 2 is 2.00 bits per heavy atom. The maximum Gasteiger partial charge on any atom is 0.311 e. The van der Waals surface area contributed by atoms with Crippen molar-refractivity contribution < 1.29 is 9.53 Å². The molecule has 2 nitrogen and oxygen atoms in total. The van der Waals surface area contributed by atoms with Crippen molar-refractivity contribution in [1.82, 2.24) is 0 Å². The highest BCUT2D eigenvalue weighted by Crippen LogP contribution is 2.14. The van der Waals surface area contributed by atoms with Gasteiger partial charge in [-0.1, -0.05) is 12.2 Å². The monoisotopic (exact) mass is 156 g/mol. The van der Waals surface area contributed by atoms with Crippen LogP contribution in [0.5, 0.6) is 0 Å². The zero-order valence-corrected chi connectivity index (χ0v) is 7.68. The fourth-order valence-electron chi connectivity index (χ4n) is 0.437. The third-order valence-corrected chi connectivity index (χ3v) is 1.16. The van der Waals surface area contributed by atoms with Crippen molar-refractivity contribution in [2.45, 2.75) is 27.7 Å². The minimum Gasteiger partial charge on any atom is -0.461 e. The average Bonchev–Trinajstić information content (AvgIpc) is 1.86. The maximum absolute atomic E-state index is 11.1. The number of allylic oxidation sites excluding steroid dienone is 1. The van der Waals surface area contributed by atoms with E-state index in [0.717, 1.165) is 0 Å². The Morgan fingerprint density at radius 1 is 1.45 bits per heavy atom. The van der Waals surface area contributed by atoms with E-state index in [4.69, 9.17) is 4.74 Å². The summed E-state index contributed by atoms with van der Waals surface area (Å²) in [7, 11) is 0. The van der Waals surface area contributed by atoms with Gasteiger partial charge in [0.1, 0.15) is 6.61 Å². The van der Waals surface area contributed by atoms with Gasteiger partial charge in [-0.15, -0.1) is 0 Å². The van der Waals surface area contributed by atoms with Crippen molar-refractivity contribution in [1.29, 1.82) is 0 Å². The van der Waals surface area contributed by atoms with E-state index in [1.54, 1.807) is 0 Å². The van der Waals surface area contributed by atoms with Crippen LogP contribution in [-0.2, 0) is 9.53 Å². The zero-order valence-electron chi connectivity index (χ0n) is 7.68. The summed E-state index contributed by atoms with van der Waals surface area (Å²) in [5.41, 5.74) is -0.387. The Hall–Kier alpha value is -0.790. The number of carbonyl (C=O) groups is 1. The molecule has 2 heteroatoms. The van der Waals surface area contributed by atoms with E-state index >= 15 is 0 Å². The van der Waals surface area contributed by atoms with E-state index in [0.29, 0.717) is 6.61 Å². The number of ether oxygens (including phenoxy) is 1. The molecule has 0 aromatic carbocycles. The third-order valence-electron chi connectivity index (χ3n) is 1.16. The molecule has 0 rings (SSSR count). The van der Waals surface area contributed by atoms with Crippen LogP contribution in [-0.4, -0.2) is 12.6 Å². The minimum absolute atomic E-state index is 0.157. The van der Waals surface area contributed by atoms with Gasteiger partial charge in [0.15, 0.2) is 0 Å². The lowest BCUT2D eigenvalue weighted by Gasteiger charge is -2.15. The normalized spacial score (nSPS) is 12.0. The largest absolute Gasteiger partial charge is 0.461 e. The van der Waals surface area contributed by atoms with Crippen molar-refractivity contribution in [3.05, 3.63) is 12.2 Å². The topological polar surface area (TPSA) is 26.3 Å². The Kier molecular flexibility index (Phi) is 3.86. The number of rotatable bonds is 2. The average molecular weight is 156 g/mol. The first-order valence-electron chi connectivity index (χ1n) is 3.77. The molecule has 0 aromatic heterocycles. The predicted molar refractivity (Wildman–Crippen MR) is 45.2 cm³/mol. The number of hydrogen-bond acceptors (Lipinski definition) is 2. The van der Waals surface area contributed by atoms with Crippen LogP contribution in [0.25, 0.3) is 0 Å². The summed E-state index contributed by atoms with van der Waals surface area (Å²) in [5, 5.41) is 0. The lowest BCUT2D eigenvalue weighted by molar-refractivity contribution is -0.151. The van der Waals surface area contributed by atoms with E-state index in [-0.39, 0.29) is 11.4 Å². The standard InChI is InChI=1S/C9H16O2/c1-5-6-7-11-8(10)9(2,3)4/h5-6H,7H2,1-4H3. The highest BCUT2D eigenvalue weighted by molar-refractivity contribution is 5.75. The first kappa shape index (κ1) is 10.2. The molecule has 0 radical (unpaired) electrons. The smallest absolute Gasteiger partial charge is 0.311 e. The molecule has 0 heterocycles. The molecule has 0 aliphatic carbocycles. The van der Waals surface area contributed by atoms with Gasteiger partial charge in [-0.25, -0.2) is 0 Å². The second-order valence-corrected chi connectivity index (χ2v) is 3.42. The molecule has 64 valence electrons. The number of hydrogen-bond donors (Lipinski definition) is 0. The Balaban J connectivity index is 3.71. The van der Waals surface area contributed by atoms with Crippen LogP contribution in [0, 0.1) is 5.41 Å². The number of carbonyl (C=O) groups excluding carboxylic acids is 1. The fourth-order valence-corrected chi connectivity index (χ4v) is 0.437. The number of esters is 1. The summed E-state index contributed by atoms with van der Waals surface area (Å²) < 4.78 is 4.92. The van der Waals surface area contributed by atoms with E-state index in [2.05, 4.69) is 0 Å². The van der Waals surface area contributed by atoms with Gasteiger partial charge in [-0.05, 0) is 27.7 Å². The highest BCUT2D eigenvalue weighted by atomic mass is 16.5. The summed E-state index contributed by atoms with van der Waals surface area (Å²) in [4.78, 5) is 11.1. The van der Waals surface area contributed by atoms with Gasteiger partial charge in [0.05, 0.1) is 5.41 Å². The Morgan fingerprint density at radius 3 is 2.36 bits per heavy atom.